The Kier molecular flexibility index (Phi) is 6.09. The van der Waals surface area contributed by atoms with Crippen LogP contribution in [0.25, 0.3) is 11.0 Å². The first-order chi connectivity index (χ1) is 17.5. The van der Waals surface area contributed by atoms with Crippen molar-refractivity contribution in [2.75, 3.05) is 30.9 Å². The van der Waals surface area contributed by atoms with Crippen molar-refractivity contribution in [3.05, 3.63) is 46.4 Å². The number of halogens is 1. The molecular formula is C23H27ClN5O7P. The number of nitrogens with zero attached hydrogens (tertiary/aromatic N) is 5. The summed E-state index contributed by atoms with van der Waals surface area (Å²) in [5.41, 5.74) is 4.48. The van der Waals surface area contributed by atoms with Gasteiger partial charge in [-0.3, -0.25) is 4.57 Å². The Hall–Kier alpha value is -2.15. The topological polar surface area (TPSA) is 163 Å². The molecule has 4 heterocycles. The maximum absolute atomic E-state index is 11.0. The molecule has 0 amide bonds. The first-order valence-electron chi connectivity index (χ1n) is 11.9. The van der Waals surface area contributed by atoms with Crippen LogP contribution in [-0.4, -0.2) is 84.1 Å². The van der Waals surface area contributed by atoms with Gasteiger partial charge in [-0.1, -0.05) is 23.8 Å². The van der Waals surface area contributed by atoms with Gasteiger partial charge in [0.2, 0.25) is 5.28 Å². The van der Waals surface area contributed by atoms with Gasteiger partial charge in [0.25, 0.3) is 0 Å². The lowest BCUT2D eigenvalue weighted by molar-refractivity contribution is -0.0658. The third-order valence-electron chi connectivity index (χ3n) is 7.52. The van der Waals surface area contributed by atoms with E-state index in [1.165, 1.54) is 21.4 Å². The zero-order valence-electron chi connectivity index (χ0n) is 19.9. The van der Waals surface area contributed by atoms with Crippen LogP contribution in [0.4, 0.5) is 5.82 Å². The van der Waals surface area contributed by atoms with Gasteiger partial charge < -0.3 is 34.4 Å². The minimum absolute atomic E-state index is 0.0159. The van der Waals surface area contributed by atoms with E-state index in [0.717, 1.165) is 25.9 Å². The molecule has 0 saturated carbocycles. The quantitative estimate of drug-likeness (QED) is 0.257. The maximum atomic E-state index is 11.0. The summed E-state index contributed by atoms with van der Waals surface area (Å²) in [5.74, 6) is 0.641. The summed E-state index contributed by atoms with van der Waals surface area (Å²) < 4.78 is 23.1. The number of hydrogen-bond acceptors (Lipinski definition) is 9. The summed E-state index contributed by atoms with van der Waals surface area (Å²) in [6.07, 6.45) is -1.98. The molecule has 14 heteroatoms. The highest BCUT2D eigenvalue weighted by atomic mass is 35.5. The Morgan fingerprint density at radius 1 is 1.24 bits per heavy atom. The van der Waals surface area contributed by atoms with Gasteiger partial charge in [-0.05, 0) is 42.5 Å². The monoisotopic (exact) mass is 551 g/mol. The number of benzene rings is 1. The molecule has 2 aromatic heterocycles. The average Bonchev–Trinajstić information content (AvgIpc) is 3.46. The number of fused-ring (bicyclic) bond motifs is 3. The molecule has 1 spiro atoms. The molecule has 4 atom stereocenters. The van der Waals surface area contributed by atoms with E-state index in [1.807, 2.05) is 0 Å². The van der Waals surface area contributed by atoms with E-state index in [-0.39, 0.29) is 17.3 Å². The van der Waals surface area contributed by atoms with E-state index in [9.17, 15) is 14.8 Å². The van der Waals surface area contributed by atoms with Crippen LogP contribution in [0.3, 0.4) is 0 Å². The smallest absolute Gasteiger partial charge is 0.350 e. The van der Waals surface area contributed by atoms with E-state index in [2.05, 4.69) is 45.1 Å². The van der Waals surface area contributed by atoms with E-state index in [1.54, 1.807) is 6.20 Å². The minimum atomic E-state index is -4.38. The van der Waals surface area contributed by atoms with Gasteiger partial charge in [0.15, 0.2) is 11.9 Å². The summed E-state index contributed by atoms with van der Waals surface area (Å²) in [4.78, 5) is 28.9. The SMILES string of the molecule is Cc1ccc2c(c1)CCC21CN(c2nc(Cl)nc3c2cnn3[C@@H]2O[C@H](COCP(=O)(O)O)[C@@H](O)[C@H]2O)C1. The largest absolute Gasteiger partial charge is 0.387 e. The third-order valence-corrected chi connectivity index (χ3v) is 8.21. The molecule has 6 rings (SSSR count). The Morgan fingerprint density at radius 2 is 2.03 bits per heavy atom. The second-order valence-electron chi connectivity index (χ2n) is 10.2. The molecule has 1 aromatic carbocycles. The summed E-state index contributed by atoms with van der Waals surface area (Å²) >= 11 is 6.30. The van der Waals surface area contributed by atoms with Crippen LogP contribution >= 0.6 is 19.2 Å². The van der Waals surface area contributed by atoms with Gasteiger partial charge in [0.05, 0.1) is 18.2 Å². The standard InChI is InChI=1S/C23H27ClN5O7P/c1-12-2-3-15-13(6-12)4-5-23(15)9-28(10-23)19-14-7-25-29(20(14)27-22(24)26-19)21-18(31)17(30)16(36-21)8-35-11-37(32,33)34/h2-3,6-7,16-18,21,30-31H,4-5,8-11H2,1H3,(H2,32,33,34)/t16-,17-,18-,21-/m1/s1. The van der Waals surface area contributed by atoms with Crippen molar-refractivity contribution in [3.8, 4) is 0 Å². The summed E-state index contributed by atoms with van der Waals surface area (Å²) in [5, 5.41) is 26.1. The highest BCUT2D eigenvalue weighted by molar-refractivity contribution is 7.51. The molecule has 0 bridgehead atoms. The van der Waals surface area contributed by atoms with E-state index < -0.39 is 38.5 Å². The number of aliphatic hydroxyl groups is 2. The van der Waals surface area contributed by atoms with Gasteiger partial charge in [0, 0.05) is 18.5 Å². The highest BCUT2D eigenvalue weighted by Crippen LogP contribution is 2.48. The van der Waals surface area contributed by atoms with Crippen molar-refractivity contribution >= 4 is 36.0 Å². The highest BCUT2D eigenvalue weighted by Gasteiger charge is 2.50. The van der Waals surface area contributed by atoms with Crippen molar-refractivity contribution in [1.29, 1.82) is 0 Å². The lowest BCUT2D eigenvalue weighted by Crippen LogP contribution is -2.58. The molecule has 3 aliphatic rings. The number of aryl methyl sites for hydroxylation is 2. The molecule has 0 radical (unpaired) electrons. The molecule has 2 aliphatic heterocycles. The molecule has 3 aromatic rings. The zero-order valence-corrected chi connectivity index (χ0v) is 21.6. The number of anilines is 1. The zero-order chi connectivity index (χ0) is 26.1. The van der Waals surface area contributed by atoms with Crippen LogP contribution in [0, 0.1) is 6.92 Å². The first kappa shape index (κ1) is 25.1. The lowest BCUT2D eigenvalue weighted by atomic mass is 9.74. The van der Waals surface area contributed by atoms with Gasteiger partial charge in [-0.15, -0.1) is 0 Å². The molecule has 37 heavy (non-hydrogen) atoms. The average molecular weight is 552 g/mol. The van der Waals surface area contributed by atoms with Gasteiger partial charge in [-0.25, -0.2) is 4.68 Å². The Balaban J connectivity index is 1.24. The molecular weight excluding hydrogens is 525 g/mol. The number of ether oxygens (including phenoxy) is 2. The molecule has 0 unspecified atom stereocenters. The fourth-order valence-corrected chi connectivity index (χ4v) is 6.29. The van der Waals surface area contributed by atoms with Crippen LogP contribution in [0.2, 0.25) is 5.28 Å². The molecule has 198 valence electrons. The van der Waals surface area contributed by atoms with Crippen LogP contribution < -0.4 is 4.90 Å². The second kappa shape index (κ2) is 8.96. The number of hydrogen-bond donors (Lipinski definition) is 4. The summed E-state index contributed by atoms with van der Waals surface area (Å²) in [7, 11) is -4.38. The van der Waals surface area contributed by atoms with Crippen molar-refractivity contribution in [3.63, 3.8) is 0 Å². The number of rotatable bonds is 6. The molecule has 2 fully saturated rings. The van der Waals surface area contributed by atoms with Gasteiger partial charge in [-0.2, -0.15) is 15.1 Å². The maximum Gasteiger partial charge on any atom is 0.350 e. The Bertz CT molecular complexity index is 1410. The third kappa shape index (κ3) is 4.35. The summed E-state index contributed by atoms with van der Waals surface area (Å²) in [6.45, 7) is 3.36. The minimum Gasteiger partial charge on any atom is -0.387 e. The summed E-state index contributed by atoms with van der Waals surface area (Å²) in [6, 6.07) is 6.66. The van der Waals surface area contributed by atoms with Crippen molar-refractivity contribution in [2.45, 2.75) is 49.7 Å². The number of aliphatic hydroxyl groups excluding tert-OH is 2. The van der Waals surface area contributed by atoms with Gasteiger partial charge >= 0.3 is 7.60 Å². The molecule has 12 nitrogen and oxygen atoms in total. The normalized spacial score (nSPS) is 26.7. The van der Waals surface area contributed by atoms with Crippen molar-refractivity contribution < 1.29 is 34.0 Å². The fraction of sp³-hybridized carbons (Fsp3) is 0.522. The predicted octanol–water partition coefficient (Wildman–Crippen LogP) is 1.26. The molecule has 2 saturated heterocycles. The Labute approximate surface area is 217 Å². The lowest BCUT2D eigenvalue weighted by Gasteiger charge is -2.49. The first-order valence-corrected chi connectivity index (χ1v) is 14.1. The second-order valence-corrected chi connectivity index (χ2v) is 12.1. The van der Waals surface area contributed by atoms with Gasteiger partial charge in [0.1, 0.15) is 30.5 Å². The molecule has 1 aliphatic carbocycles. The Morgan fingerprint density at radius 3 is 2.78 bits per heavy atom. The predicted molar refractivity (Wildman–Crippen MR) is 133 cm³/mol. The van der Waals surface area contributed by atoms with Crippen LogP contribution in [0.1, 0.15) is 29.3 Å². The molecule has 4 N–H and O–H groups in total. The van der Waals surface area contributed by atoms with Crippen molar-refractivity contribution in [2.24, 2.45) is 0 Å². The fourth-order valence-electron chi connectivity index (χ4n) is 5.79. The van der Waals surface area contributed by atoms with Crippen molar-refractivity contribution in [1.82, 2.24) is 19.7 Å². The van der Waals surface area contributed by atoms with Crippen LogP contribution in [0.5, 0.6) is 0 Å². The van der Waals surface area contributed by atoms with E-state index in [4.69, 9.17) is 30.9 Å². The van der Waals surface area contributed by atoms with E-state index >= 15 is 0 Å². The van der Waals surface area contributed by atoms with Crippen LogP contribution in [0.15, 0.2) is 24.4 Å². The number of aromatic nitrogens is 4. The van der Waals surface area contributed by atoms with Crippen LogP contribution in [-0.2, 0) is 25.9 Å². The van der Waals surface area contributed by atoms with E-state index in [0.29, 0.717) is 16.9 Å².